The minimum absolute atomic E-state index is 0.0301. The van der Waals surface area contributed by atoms with E-state index in [0.29, 0.717) is 5.56 Å². The van der Waals surface area contributed by atoms with Crippen LogP contribution in [-0.4, -0.2) is 21.5 Å². The predicted molar refractivity (Wildman–Crippen MR) is 82.1 cm³/mol. The molecular formula is C13H13N3O5S. The van der Waals surface area contributed by atoms with E-state index >= 15 is 0 Å². The molecule has 2 rings (SSSR count). The second-order valence-corrected chi connectivity index (χ2v) is 5.64. The van der Waals surface area contributed by atoms with Gasteiger partial charge in [-0.3, -0.25) is 20.2 Å². The van der Waals surface area contributed by atoms with Crippen LogP contribution in [0, 0.1) is 20.2 Å². The van der Waals surface area contributed by atoms with E-state index in [9.17, 15) is 25.3 Å². The molecule has 9 heteroatoms. The highest BCUT2D eigenvalue weighted by Gasteiger charge is 2.26. The smallest absolute Gasteiger partial charge is 0.299 e. The summed E-state index contributed by atoms with van der Waals surface area (Å²) in [6, 6.07) is 5.09. The highest BCUT2D eigenvalue weighted by atomic mass is 32.1. The third-order valence-electron chi connectivity index (χ3n) is 3.15. The molecule has 116 valence electrons. The molecule has 0 bridgehead atoms. The first-order chi connectivity index (χ1) is 10.3. The number of aliphatic hydroxyl groups is 1. The number of nitro groups is 2. The van der Waals surface area contributed by atoms with E-state index in [1.54, 1.807) is 18.4 Å². The van der Waals surface area contributed by atoms with Gasteiger partial charge in [-0.1, -0.05) is 0 Å². The van der Waals surface area contributed by atoms with Gasteiger partial charge in [-0.25, -0.2) is 0 Å². The molecule has 0 amide bonds. The maximum Gasteiger partial charge on any atom is 0.299 e. The topological polar surface area (TPSA) is 119 Å². The first-order valence-corrected chi connectivity index (χ1v) is 7.17. The molecular weight excluding hydrogens is 310 g/mol. The van der Waals surface area contributed by atoms with Crippen LogP contribution < -0.4 is 5.32 Å². The Balaban J connectivity index is 2.22. The Labute approximate surface area is 129 Å². The van der Waals surface area contributed by atoms with Crippen molar-refractivity contribution in [1.82, 2.24) is 0 Å². The summed E-state index contributed by atoms with van der Waals surface area (Å²) in [7, 11) is 0. The summed E-state index contributed by atoms with van der Waals surface area (Å²) in [6.07, 6.45) is 0. The van der Waals surface area contributed by atoms with Gasteiger partial charge in [-0.05, 0) is 35.4 Å². The Morgan fingerprint density at radius 3 is 2.55 bits per heavy atom. The Bertz CT molecular complexity index is 700. The van der Waals surface area contributed by atoms with Crippen molar-refractivity contribution in [1.29, 1.82) is 0 Å². The number of nitrogens with zero attached hydrogens (tertiary/aromatic N) is 2. The Hall–Kier alpha value is -2.52. The van der Waals surface area contributed by atoms with E-state index in [4.69, 9.17) is 0 Å². The van der Waals surface area contributed by atoms with E-state index in [2.05, 4.69) is 5.32 Å². The third-order valence-corrected chi connectivity index (χ3v) is 3.84. The maximum atomic E-state index is 11.0. The van der Waals surface area contributed by atoms with Crippen LogP contribution in [0.25, 0.3) is 0 Å². The Morgan fingerprint density at radius 2 is 2.00 bits per heavy atom. The summed E-state index contributed by atoms with van der Waals surface area (Å²) >= 11 is 1.43. The summed E-state index contributed by atoms with van der Waals surface area (Å²) in [4.78, 5) is 20.3. The van der Waals surface area contributed by atoms with Gasteiger partial charge in [0.25, 0.3) is 11.4 Å². The van der Waals surface area contributed by atoms with Gasteiger partial charge in [0, 0.05) is 12.6 Å². The van der Waals surface area contributed by atoms with Crippen molar-refractivity contribution >= 4 is 28.4 Å². The van der Waals surface area contributed by atoms with Crippen LogP contribution in [0.5, 0.6) is 0 Å². The third kappa shape index (κ3) is 3.38. The second kappa shape index (κ2) is 6.08. The standard InChI is InChI=1S/C13H13N3O5S/c1-13(17,9-4-5-22-7-9)8-14-11-3-2-10(15(18)19)6-12(11)16(20)21/h2-7,14,17H,8H2,1H3. The molecule has 0 fully saturated rings. The molecule has 1 atom stereocenters. The number of nitrogens with one attached hydrogen (secondary N) is 1. The van der Waals surface area contributed by atoms with Crippen LogP contribution >= 0.6 is 11.3 Å². The molecule has 1 unspecified atom stereocenters. The summed E-state index contributed by atoms with van der Waals surface area (Å²) in [5.41, 5.74) is -1.17. The van der Waals surface area contributed by atoms with E-state index in [1.165, 1.54) is 23.5 Å². The van der Waals surface area contributed by atoms with Crippen molar-refractivity contribution in [3.05, 3.63) is 60.8 Å². The normalized spacial score (nSPS) is 13.4. The molecule has 0 saturated carbocycles. The van der Waals surface area contributed by atoms with Crippen molar-refractivity contribution in [2.24, 2.45) is 0 Å². The van der Waals surface area contributed by atoms with Crippen molar-refractivity contribution in [2.45, 2.75) is 12.5 Å². The molecule has 0 aliphatic rings. The monoisotopic (exact) mass is 323 g/mol. The lowest BCUT2D eigenvalue weighted by Crippen LogP contribution is -2.30. The minimum atomic E-state index is -1.21. The Morgan fingerprint density at radius 1 is 1.27 bits per heavy atom. The van der Waals surface area contributed by atoms with Crippen LogP contribution in [0.3, 0.4) is 0 Å². The highest BCUT2D eigenvalue weighted by Crippen LogP contribution is 2.30. The molecule has 1 aromatic carbocycles. The van der Waals surface area contributed by atoms with Crippen LogP contribution in [-0.2, 0) is 5.60 Å². The average molecular weight is 323 g/mol. The molecule has 8 nitrogen and oxygen atoms in total. The number of thiophene rings is 1. The average Bonchev–Trinajstić information content (AvgIpc) is 2.99. The first-order valence-electron chi connectivity index (χ1n) is 6.23. The van der Waals surface area contributed by atoms with Gasteiger partial charge >= 0.3 is 0 Å². The van der Waals surface area contributed by atoms with Gasteiger partial charge in [0.2, 0.25) is 0 Å². The van der Waals surface area contributed by atoms with Crippen LogP contribution in [0.15, 0.2) is 35.0 Å². The number of hydrogen-bond donors (Lipinski definition) is 2. The van der Waals surface area contributed by atoms with Gasteiger partial charge in [-0.15, -0.1) is 0 Å². The maximum absolute atomic E-state index is 11.0. The van der Waals surface area contributed by atoms with Crippen LogP contribution in [0.1, 0.15) is 12.5 Å². The van der Waals surface area contributed by atoms with Gasteiger partial charge in [0.15, 0.2) is 0 Å². The number of benzene rings is 1. The molecule has 0 spiro atoms. The molecule has 2 N–H and O–H groups in total. The van der Waals surface area contributed by atoms with E-state index < -0.39 is 21.1 Å². The molecule has 0 saturated heterocycles. The quantitative estimate of drug-likeness (QED) is 0.623. The van der Waals surface area contributed by atoms with Crippen molar-refractivity contribution in [3.8, 4) is 0 Å². The molecule has 1 aromatic heterocycles. The number of anilines is 1. The zero-order chi connectivity index (χ0) is 16.3. The molecule has 1 heterocycles. The molecule has 0 radical (unpaired) electrons. The van der Waals surface area contributed by atoms with Gasteiger partial charge in [0.1, 0.15) is 11.3 Å². The summed E-state index contributed by atoms with van der Waals surface area (Å²) in [5.74, 6) is 0. The predicted octanol–water partition coefficient (Wildman–Crippen LogP) is 2.88. The van der Waals surface area contributed by atoms with Crippen molar-refractivity contribution in [3.63, 3.8) is 0 Å². The zero-order valence-electron chi connectivity index (χ0n) is 11.6. The Kier molecular flexibility index (Phi) is 4.38. The highest BCUT2D eigenvalue weighted by molar-refractivity contribution is 7.08. The molecule has 0 aliphatic heterocycles. The lowest BCUT2D eigenvalue weighted by atomic mass is 9.99. The lowest BCUT2D eigenvalue weighted by molar-refractivity contribution is -0.393. The number of nitro benzene ring substituents is 2. The van der Waals surface area contributed by atoms with E-state index in [0.717, 1.165) is 6.07 Å². The fraction of sp³-hybridized carbons (Fsp3) is 0.231. The second-order valence-electron chi connectivity index (χ2n) is 4.86. The molecule has 0 aliphatic carbocycles. The number of hydrogen-bond acceptors (Lipinski definition) is 7. The van der Waals surface area contributed by atoms with Gasteiger partial charge in [-0.2, -0.15) is 11.3 Å². The largest absolute Gasteiger partial charge is 0.384 e. The fourth-order valence-corrected chi connectivity index (χ4v) is 2.66. The number of non-ortho nitro benzene ring substituents is 1. The first kappa shape index (κ1) is 15.9. The van der Waals surface area contributed by atoms with Crippen LogP contribution in [0.2, 0.25) is 0 Å². The SMILES string of the molecule is CC(O)(CNc1ccc([N+](=O)[O-])cc1[N+](=O)[O-])c1ccsc1. The van der Waals surface area contributed by atoms with Crippen molar-refractivity contribution < 1.29 is 15.0 Å². The number of rotatable bonds is 6. The summed E-state index contributed by atoms with van der Waals surface area (Å²) < 4.78 is 0. The molecule has 22 heavy (non-hydrogen) atoms. The van der Waals surface area contributed by atoms with Gasteiger partial charge < -0.3 is 10.4 Å². The van der Waals surface area contributed by atoms with Gasteiger partial charge in [0.05, 0.1) is 15.9 Å². The van der Waals surface area contributed by atoms with E-state index in [-0.39, 0.29) is 17.9 Å². The zero-order valence-corrected chi connectivity index (χ0v) is 12.4. The van der Waals surface area contributed by atoms with Crippen LogP contribution in [0.4, 0.5) is 17.1 Å². The lowest BCUT2D eigenvalue weighted by Gasteiger charge is -2.23. The minimum Gasteiger partial charge on any atom is -0.384 e. The summed E-state index contributed by atoms with van der Waals surface area (Å²) in [5, 5.41) is 38.5. The fourth-order valence-electron chi connectivity index (χ4n) is 1.87. The van der Waals surface area contributed by atoms with E-state index in [1.807, 2.05) is 5.38 Å². The summed E-state index contributed by atoms with van der Waals surface area (Å²) in [6.45, 7) is 1.61. The van der Waals surface area contributed by atoms with Crippen molar-refractivity contribution in [2.75, 3.05) is 11.9 Å². The molecule has 2 aromatic rings.